The average Bonchev–Trinajstić information content (AvgIpc) is 2.77. The molecule has 2 amide bonds. The normalized spacial score (nSPS) is 12.2. The first-order chi connectivity index (χ1) is 9.45. The lowest BCUT2D eigenvalue weighted by Crippen LogP contribution is -2.43. The summed E-state index contributed by atoms with van der Waals surface area (Å²) in [5.74, 6) is -0.562. The molecular weight excluding hydrogens is 274 g/mol. The number of fused-ring (bicyclic) bond motifs is 1. The predicted octanol–water partition coefficient (Wildman–Crippen LogP) is 1.66. The van der Waals surface area contributed by atoms with Crippen molar-refractivity contribution >= 4 is 38.9 Å². The molecule has 0 spiro atoms. The Morgan fingerprint density at radius 2 is 2.05 bits per heavy atom. The van der Waals surface area contributed by atoms with Gasteiger partial charge in [0.25, 0.3) is 5.91 Å². The topological polar surface area (TPSA) is 84.2 Å². The van der Waals surface area contributed by atoms with Gasteiger partial charge in [0.2, 0.25) is 5.91 Å². The fourth-order valence-corrected chi connectivity index (χ4v) is 3.08. The lowest BCUT2D eigenvalue weighted by atomic mass is 10.1. The number of likely N-dealkylation sites (N-methyl/N-ethyl adjacent to an activating group) is 1. The third-order valence-corrected chi connectivity index (χ3v) is 4.50. The summed E-state index contributed by atoms with van der Waals surface area (Å²) in [5, 5.41) is 6.02. The van der Waals surface area contributed by atoms with Crippen LogP contribution in [0.1, 0.15) is 22.2 Å². The van der Waals surface area contributed by atoms with E-state index < -0.39 is 6.04 Å². The summed E-state index contributed by atoms with van der Waals surface area (Å²) >= 11 is 1.35. The van der Waals surface area contributed by atoms with Crippen LogP contribution in [0.25, 0.3) is 10.1 Å². The highest BCUT2D eigenvalue weighted by molar-refractivity contribution is 7.21. The van der Waals surface area contributed by atoms with Crippen LogP contribution in [0.5, 0.6) is 0 Å². The zero-order valence-corrected chi connectivity index (χ0v) is 12.4. The molecule has 20 heavy (non-hydrogen) atoms. The van der Waals surface area contributed by atoms with Gasteiger partial charge in [0.05, 0.1) is 5.69 Å². The Balaban J connectivity index is 2.34. The third-order valence-electron chi connectivity index (χ3n) is 3.14. The molecule has 1 unspecified atom stereocenters. The molecule has 4 N–H and O–H groups in total. The fourth-order valence-electron chi connectivity index (χ4n) is 1.99. The van der Waals surface area contributed by atoms with Gasteiger partial charge in [0.15, 0.2) is 0 Å². The Bertz CT molecular complexity index is 678. The quantitative estimate of drug-likeness (QED) is 0.804. The van der Waals surface area contributed by atoms with E-state index in [2.05, 4.69) is 10.6 Å². The van der Waals surface area contributed by atoms with Gasteiger partial charge in [0, 0.05) is 17.1 Å². The first-order valence-corrected chi connectivity index (χ1v) is 7.07. The van der Waals surface area contributed by atoms with Gasteiger partial charge in [-0.1, -0.05) is 18.2 Å². The number of nitrogen functional groups attached to an aromatic ring is 1. The Morgan fingerprint density at radius 1 is 1.35 bits per heavy atom. The molecule has 0 saturated carbocycles. The van der Waals surface area contributed by atoms with Crippen LogP contribution in [0.4, 0.5) is 5.69 Å². The number of nitrogens with one attached hydrogen (secondary N) is 2. The van der Waals surface area contributed by atoms with Crippen LogP contribution >= 0.6 is 11.3 Å². The number of carbonyl (C=O) groups is 2. The Morgan fingerprint density at radius 3 is 2.65 bits per heavy atom. The second-order valence-electron chi connectivity index (χ2n) is 4.61. The number of amides is 2. The molecule has 0 fully saturated rings. The number of rotatable bonds is 3. The van der Waals surface area contributed by atoms with E-state index in [1.54, 1.807) is 6.92 Å². The van der Waals surface area contributed by atoms with Crippen LogP contribution in [-0.2, 0) is 4.79 Å². The molecule has 1 aromatic heterocycles. The summed E-state index contributed by atoms with van der Waals surface area (Å²) in [6.07, 6.45) is 0. The molecule has 1 aromatic carbocycles. The molecular formula is C14H17N3O2S. The van der Waals surface area contributed by atoms with Crippen molar-refractivity contribution in [3.8, 4) is 0 Å². The predicted molar refractivity (Wildman–Crippen MR) is 82.0 cm³/mol. The minimum Gasteiger partial charge on any atom is -0.397 e. The molecule has 0 radical (unpaired) electrons. The first-order valence-electron chi connectivity index (χ1n) is 6.25. The van der Waals surface area contributed by atoms with Crippen LogP contribution in [0.2, 0.25) is 0 Å². The van der Waals surface area contributed by atoms with E-state index in [-0.39, 0.29) is 11.8 Å². The van der Waals surface area contributed by atoms with Crippen molar-refractivity contribution in [3.63, 3.8) is 0 Å². The molecule has 106 valence electrons. The number of aryl methyl sites for hydroxylation is 1. The van der Waals surface area contributed by atoms with Crippen LogP contribution in [0.3, 0.4) is 0 Å². The summed E-state index contributed by atoms with van der Waals surface area (Å²) in [7, 11) is 1.53. The highest BCUT2D eigenvalue weighted by Crippen LogP contribution is 2.35. The first kappa shape index (κ1) is 14.3. The van der Waals surface area contributed by atoms with Gasteiger partial charge in [0.1, 0.15) is 10.9 Å². The lowest BCUT2D eigenvalue weighted by Gasteiger charge is -2.11. The van der Waals surface area contributed by atoms with Crippen LogP contribution < -0.4 is 16.4 Å². The van der Waals surface area contributed by atoms with Crippen molar-refractivity contribution in [3.05, 3.63) is 28.6 Å². The number of anilines is 1. The molecule has 0 aliphatic rings. The molecule has 1 atom stereocenters. The number of benzene rings is 1. The van der Waals surface area contributed by atoms with Gasteiger partial charge in [-0.05, 0) is 19.4 Å². The highest BCUT2D eigenvalue weighted by Gasteiger charge is 2.20. The van der Waals surface area contributed by atoms with Gasteiger partial charge >= 0.3 is 0 Å². The van der Waals surface area contributed by atoms with E-state index in [0.717, 1.165) is 15.6 Å². The van der Waals surface area contributed by atoms with Crippen LogP contribution in [-0.4, -0.2) is 24.9 Å². The molecule has 2 aromatic rings. The number of thiophene rings is 1. The van der Waals surface area contributed by atoms with Gasteiger partial charge < -0.3 is 16.4 Å². The largest absolute Gasteiger partial charge is 0.397 e. The van der Waals surface area contributed by atoms with E-state index in [4.69, 9.17) is 5.73 Å². The summed E-state index contributed by atoms with van der Waals surface area (Å²) in [5.41, 5.74) is 7.59. The number of nitrogens with two attached hydrogens (primary N) is 1. The molecule has 0 aliphatic heterocycles. The van der Waals surface area contributed by atoms with Crippen LogP contribution in [0.15, 0.2) is 18.2 Å². The molecule has 0 saturated heterocycles. The van der Waals surface area contributed by atoms with Gasteiger partial charge in [-0.3, -0.25) is 9.59 Å². The SMILES string of the molecule is CNC(=O)C(C)NC(=O)c1sc2c(C)cccc2c1N. The number of hydrogen-bond donors (Lipinski definition) is 3. The second-order valence-corrected chi connectivity index (χ2v) is 5.63. The molecule has 6 heteroatoms. The lowest BCUT2D eigenvalue weighted by molar-refractivity contribution is -0.122. The Labute approximate surface area is 121 Å². The van der Waals surface area contributed by atoms with E-state index >= 15 is 0 Å². The van der Waals surface area contributed by atoms with Crippen molar-refractivity contribution in [2.75, 3.05) is 12.8 Å². The minimum absolute atomic E-state index is 0.241. The Hall–Kier alpha value is -2.08. The van der Waals surface area contributed by atoms with Gasteiger partial charge in [-0.2, -0.15) is 0 Å². The maximum absolute atomic E-state index is 12.2. The van der Waals surface area contributed by atoms with E-state index in [1.807, 2.05) is 25.1 Å². The second kappa shape index (κ2) is 5.50. The third kappa shape index (κ3) is 2.46. The summed E-state index contributed by atoms with van der Waals surface area (Å²) in [6.45, 7) is 3.61. The van der Waals surface area contributed by atoms with Gasteiger partial charge in [-0.25, -0.2) is 0 Å². The van der Waals surface area contributed by atoms with Crippen molar-refractivity contribution in [2.24, 2.45) is 0 Å². The molecule has 0 aliphatic carbocycles. The van der Waals surface area contributed by atoms with Gasteiger partial charge in [-0.15, -0.1) is 11.3 Å². The molecule has 2 rings (SSSR count). The van der Waals surface area contributed by atoms with Crippen molar-refractivity contribution < 1.29 is 9.59 Å². The molecule has 5 nitrogen and oxygen atoms in total. The van der Waals surface area contributed by atoms with E-state index in [0.29, 0.717) is 10.6 Å². The summed E-state index contributed by atoms with van der Waals surface area (Å²) in [6, 6.07) is 5.19. The average molecular weight is 291 g/mol. The minimum atomic E-state index is -0.599. The number of carbonyl (C=O) groups excluding carboxylic acids is 2. The molecule has 1 heterocycles. The standard InChI is InChI=1S/C14H17N3O2S/c1-7-5-4-6-9-10(15)12(20-11(7)9)14(19)17-8(2)13(18)16-3/h4-6,8H,15H2,1-3H3,(H,16,18)(H,17,19). The van der Waals surface area contributed by atoms with E-state index in [9.17, 15) is 9.59 Å². The van der Waals surface area contributed by atoms with Crippen molar-refractivity contribution in [1.82, 2.24) is 10.6 Å². The summed E-state index contributed by atoms with van der Waals surface area (Å²) in [4.78, 5) is 24.1. The maximum atomic E-state index is 12.2. The fraction of sp³-hybridized carbons (Fsp3) is 0.286. The zero-order chi connectivity index (χ0) is 14.9. The Kier molecular flexibility index (Phi) is 3.94. The van der Waals surface area contributed by atoms with Crippen LogP contribution in [0, 0.1) is 6.92 Å². The smallest absolute Gasteiger partial charge is 0.264 e. The molecule has 0 bridgehead atoms. The van der Waals surface area contributed by atoms with E-state index in [1.165, 1.54) is 18.4 Å². The van der Waals surface area contributed by atoms with Crippen molar-refractivity contribution in [1.29, 1.82) is 0 Å². The van der Waals surface area contributed by atoms with Crippen molar-refractivity contribution in [2.45, 2.75) is 19.9 Å². The zero-order valence-electron chi connectivity index (χ0n) is 11.6. The number of hydrogen-bond acceptors (Lipinski definition) is 4. The highest BCUT2D eigenvalue weighted by atomic mass is 32.1. The summed E-state index contributed by atoms with van der Waals surface area (Å²) < 4.78 is 1.00. The monoisotopic (exact) mass is 291 g/mol. The maximum Gasteiger partial charge on any atom is 0.264 e.